The van der Waals surface area contributed by atoms with E-state index in [9.17, 15) is 4.79 Å². The van der Waals surface area contributed by atoms with E-state index >= 15 is 0 Å². The van der Waals surface area contributed by atoms with Crippen molar-refractivity contribution in [3.8, 4) is 11.5 Å². The standard InChI is InChI=1S/C23H20O3/c1-25-19-13-17-18(14-20(19)26-2)23(24)22(16-11-7-4-8-12-16)21(17)15-9-5-3-6-10-15/h3-14,21-22H,1-2H3/t21-,22+/m1/s1. The van der Waals surface area contributed by atoms with E-state index < -0.39 is 0 Å². The van der Waals surface area contributed by atoms with Gasteiger partial charge in [0.05, 0.1) is 20.1 Å². The number of rotatable bonds is 4. The van der Waals surface area contributed by atoms with Gasteiger partial charge < -0.3 is 9.47 Å². The molecule has 4 rings (SSSR count). The number of ether oxygens (including phenoxy) is 2. The molecule has 0 aliphatic heterocycles. The molecule has 130 valence electrons. The van der Waals surface area contributed by atoms with E-state index in [1.807, 2.05) is 60.7 Å². The van der Waals surface area contributed by atoms with Gasteiger partial charge in [0, 0.05) is 11.5 Å². The molecule has 0 radical (unpaired) electrons. The summed E-state index contributed by atoms with van der Waals surface area (Å²) in [7, 11) is 3.21. The maximum atomic E-state index is 13.4. The van der Waals surface area contributed by atoms with Gasteiger partial charge in [0.2, 0.25) is 0 Å². The normalized spacial score (nSPS) is 18.5. The average molecular weight is 344 g/mol. The van der Waals surface area contributed by atoms with Crippen LogP contribution in [0.3, 0.4) is 0 Å². The fourth-order valence-corrected chi connectivity index (χ4v) is 3.90. The Balaban J connectivity index is 1.94. The highest BCUT2D eigenvalue weighted by Gasteiger charge is 2.42. The highest BCUT2D eigenvalue weighted by atomic mass is 16.5. The molecule has 1 aliphatic rings. The number of fused-ring (bicyclic) bond motifs is 1. The van der Waals surface area contributed by atoms with Crippen LogP contribution < -0.4 is 9.47 Å². The Kier molecular flexibility index (Phi) is 4.21. The van der Waals surface area contributed by atoms with Crippen LogP contribution in [0.25, 0.3) is 0 Å². The summed E-state index contributed by atoms with van der Waals surface area (Å²) in [4.78, 5) is 13.4. The molecule has 0 aromatic heterocycles. The Morgan fingerprint density at radius 1 is 0.692 bits per heavy atom. The summed E-state index contributed by atoms with van der Waals surface area (Å²) in [5.41, 5.74) is 3.86. The summed E-state index contributed by atoms with van der Waals surface area (Å²) >= 11 is 0. The van der Waals surface area contributed by atoms with Crippen LogP contribution >= 0.6 is 0 Å². The fourth-order valence-electron chi connectivity index (χ4n) is 3.90. The van der Waals surface area contributed by atoms with Crippen molar-refractivity contribution >= 4 is 5.78 Å². The summed E-state index contributed by atoms with van der Waals surface area (Å²) in [6.45, 7) is 0. The lowest BCUT2D eigenvalue weighted by Gasteiger charge is -2.20. The SMILES string of the molecule is COc1cc2c(cc1OC)[C@@H](c1ccccc1)[C@H](c1ccccc1)C2=O. The molecule has 2 atom stereocenters. The molecule has 3 nitrogen and oxygen atoms in total. The zero-order valence-corrected chi connectivity index (χ0v) is 14.8. The van der Waals surface area contributed by atoms with Gasteiger partial charge in [-0.05, 0) is 28.8 Å². The molecule has 3 aromatic rings. The second-order valence-corrected chi connectivity index (χ2v) is 6.44. The zero-order chi connectivity index (χ0) is 18.1. The van der Waals surface area contributed by atoms with E-state index in [0.29, 0.717) is 17.1 Å². The summed E-state index contributed by atoms with van der Waals surface area (Å²) < 4.78 is 10.9. The van der Waals surface area contributed by atoms with Gasteiger partial charge in [-0.25, -0.2) is 0 Å². The molecular formula is C23H20O3. The predicted octanol–water partition coefficient (Wildman–Crippen LogP) is 4.82. The molecule has 26 heavy (non-hydrogen) atoms. The van der Waals surface area contributed by atoms with Gasteiger partial charge in [-0.15, -0.1) is 0 Å². The summed E-state index contributed by atoms with van der Waals surface area (Å²) in [6, 6.07) is 23.9. The third kappa shape index (κ3) is 2.57. The molecule has 0 unspecified atom stereocenters. The van der Waals surface area contributed by atoms with Crippen molar-refractivity contribution < 1.29 is 14.3 Å². The summed E-state index contributed by atoms with van der Waals surface area (Å²) in [5.74, 6) is 1.07. The molecule has 0 bridgehead atoms. The molecule has 0 fully saturated rings. The van der Waals surface area contributed by atoms with Crippen molar-refractivity contribution in [2.45, 2.75) is 11.8 Å². The number of ketones is 1. The van der Waals surface area contributed by atoms with Crippen molar-refractivity contribution in [2.75, 3.05) is 14.2 Å². The summed E-state index contributed by atoms with van der Waals surface area (Å²) in [5, 5.41) is 0. The predicted molar refractivity (Wildman–Crippen MR) is 101 cm³/mol. The van der Waals surface area contributed by atoms with E-state index in [1.165, 1.54) is 0 Å². The lowest BCUT2D eigenvalue weighted by Crippen LogP contribution is -2.12. The second kappa shape index (κ2) is 6.68. The Hall–Kier alpha value is -3.07. The van der Waals surface area contributed by atoms with Crippen molar-refractivity contribution in [2.24, 2.45) is 0 Å². The number of methoxy groups -OCH3 is 2. The van der Waals surface area contributed by atoms with Crippen LogP contribution in [0.1, 0.15) is 38.9 Å². The number of carbonyl (C=O) groups is 1. The largest absolute Gasteiger partial charge is 0.493 e. The van der Waals surface area contributed by atoms with Gasteiger partial charge in [0.25, 0.3) is 0 Å². The molecule has 0 amide bonds. The topological polar surface area (TPSA) is 35.5 Å². The lowest BCUT2D eigenvalue weighted by molar-refractivity contribution is 0.0968. The van der Waals surface area contributed by atoms with Gasteiger partial charge in [0.1, 0.15) is 0 Å². The molecule has 1 aliphatic carbocycles. The maximum Gasteiger partial charge on any atom is 0.171 e. The van der Waals surface area contributed by atoms with Crippen molar-refractivity contribution in [3.63, 3.8) is 0 Å². The van der Waals surface area contributed by atoms with Crippen molar-refractivity contribution in [3.05, 3.63) is 95.1 Å². The first kappa shape index (κ1) is 16.4. The third-order valence-corrected chi connectivity index (χ3v) is 5.09. The molecule has 0 heterocycles. The van der Waals surface area contributed by atoms with Crippen LogP contribution in [0, 0.1) is 0 Å². The molecule has 3 aromatic carbocycles. The Morgan fingerprint density at radius 2 is 1.19 bits per heavy atom. The van der Waals surface area contributed by atoms with E-state index in [0.717, 1.165) is 16.7 Å². The minimum absolute atomic E-state index is 0.0408. The van der Waals surface area contributed by atoms with Gasteiger partial charge >= 0.3 is 0 Å². The van der Waals surface area contributed by atoms with Gasteiger partial charge in [-0.3, -0.25) is 4.79 Å². The van der Waals surface area contributed by atoms with Crippen LogP contribution in [0.15, 0.2) is 72.8 Å². The first-order chi connectivity index (χ1) is 12.7. The number of hydrogen-bond acceptors (Lipinski definition) is 3. The van der Waals surface area contributed by atoms with Crippen LogP contribution in [0.2, 0.25) is 0 Å². The van der Waals surface area contributed by atoms with Crippen LogP contribution in [0.5, 0.6) is 11.5 Å². The maximum absolute atomic E-state index is 13.4. The minimum atomic E-state index is -0.245. The lowest BCUT2D eigenvalue weighted by atomic mass is 9.81. The Bertz CT molecular complexity index is 932. The van der Waals surface area contributed by atoms with Gasteiger partial charge in [-0.2, -0.15) is 0 Å². The third-order valence-electron chi connectivity index (χ3n) is 5.09. The van der Waals surface area contributed by atoms with Crippen LogP contribution in [-0.2, 0) is 0 Å². The monoisotopic (exact) mass is 344 g/mol. The average Bonchev–Trinajstić information content (AvgIpc) is 2.99. The van der Waals surface area contributed by atoms with E-state index in [-0.39, 0.29) is 17.6 Å². The van der Waals surface area contributed by atoms with Crippen LogP contribution in [0.4, 0.5) is 0 Å². The fraction of sp³-hybridized carbons (Fsp3) is 0.174. The Morgan fingerprint density at radius 3 is 1.73 bits per heavy atom. The van der Waals surface area contributed by atoms with Gasteiger partial charge in [0.15, 0.2) is 17.3 Å². The molecule has 0 spiro atoms. The minimum Gasteiger partial charge on any atom is -0.493 e. The highest BCUT2D eigenvalue weighted by molar-refractivity contribution is 6.07. The van der Waals surface area contributed by atoms with Crippen LogP contribution in [-0.4, -0.2) is 20.0 Å². The van der Waals surface area contributed by atoms with E-state index in [2.05, 4.69) is 12.1 Å². The quantitative estimate of drug-likeness (QED) is 0.681. The molecule has 0 N–H and O–H groups in total. The first-order valence-corrected chi connectivity index (χ1v) is 8.64. The molecule has 0 saturated carbocycles. The number of carbonyl (C=O) groups excluding carboxylic acids is 1. The molecule has 0 saturated heterocycles. The second-order valence-electron chi connectivity index (χ2n) is 6.44. The molecular weight excluding hydrogens is 324 g/mol. The van der Waals surface area contributed by atoms with Crippen molar-refractivity contribution in [1.29, 1.82) is 0 Å². The molecule has 3 heteroatoms. The number of hydrogen-bond donors (Lipinski definition) is 0. The summed E-state index contributed by atoms with van der Waals surface area (Å²) in [6.07, 6.45) is 0. The van der Waals surface area contributed by atoms with E-state index in [4.69, 9.17) is 9.47 Å². The van der Waals surface area contributed by atoms with E-state index in [1.54, 1.807) is 14.2 Å². The Labute approximate surface area is 153 Å². The number of Topliss-reactive ketones (excluding diaryl/α,β-unsaturated/α-hetero) is 1. The smallest absolute Gasteiger partial charge is 0.171 e. The highest BCUT2D eigenvalue weighted by Crippen LogP contribution is 2.50. The first-order valence-electron chi connectivity index (χ1n) is 8.64. The van der Waals surface area contributed by atoms with Gasteiger partial charge in [-0.1, -0.05) is 60.7 Å². The number of benzene rings is 3. The zero-order valence-electron chi connectivity index (χ0n) is 14.8. The van der Waals surface area contributed by atoms with Crippen molar-refractivity contribution in [1.82, 2.24) is 0 Å².